The Balaban J connectivity index is 1.91. The molecule has 6 heteroatoms. The summed E-state index contributed by atoms with van der Waals surface area (Å²) in [5.41, 5.74) is 1.43. The fraction of sp³-hybridized carbons (Fsp3) is 0.200. The highest BCUT2D eigenvalue weighted by Gasteiger charge is 2.29. The van der Waals surface area contributed by atoms with Gasteiger partial charge in [0.25, 0.3) is 0 Å². The maximum Gasteiger partial charge on any atom is 0.243 e. The van der Waals surface area contributed by atoms with Crippen LogP contribution in [0.3, 0.4) is 0 Å². The lowest BCUT2D eigenvalue weighted by atomic mass is 10.1. The average molecular weight is 304 g/mol. The van der Waals surface area contributed by atoms with Crippen LogP contribution in [-0.2, 0) is 10.0 Å². The molecule has 0 aliphatic carbocycles. The van der Waals surface area contributed by atoms with Crippen LogP contribution in [0.5, 0.6) is 5.75 Å². The molecule has 1 unspecified atom stereocenters. The summed E-state index contributed by atoms with van der Waals surface area (Å²) in [5.74, 6) is 0.729. The van der Waals surface area contributed by atoms with Crippen molar-refractivity contribution in [3.8, 4) is 5.75 Å². The number of sulfonamides is 1. The Labute approximate surface area is 124 Å². The van der Waals surface area contributed by atoms with Gasteiger partial charge >= 0.3 is 0 Å². The molecule has 0 radical (unpaired) electrons. The molecule has 0 amide bonds. The second kappa shape index (κ2) is 5.38. The Morgan fingerprint density at radius 1 is 1.10 bits per heavy atom. The fourth-order valence-electron chi connectivity index (χ4n) is 2.42. The molecule has 1 aliphatic heterocycles. The van der Waals surface area contributed by atoms with Gasteiger partial charge in [-0.1, -0.05) is 30.3 Å². The van der Waals surface area contributed by atoms with E-state index in [1.54, 1.807) is 31.3 Å². The summed E-state index contributed by atoms with van der Waals surface area (Å²) < 4.78 is 33.4. The lowest BCUT2D eigenvalue weighted by molar-refractivity contribution is 0.325. The number of benzene rings is 2. The smallest absolute Gasteiger partial charge is 0.243 e. The lowest BCUT2D eigenvalue weighted by Crippen LogP contribution is -2.30. The first-order valence-corrected chi connectivity index (χ1v) is 8.11. The van der Waals surface area contributed by atoms with Crippen molar-refractivity contribution in [1.29, 1.82) is 0 Å². The molecule has 110 valence electrons. The van der Waals surface area contributed by atoms with Gasteiger partial charge in [-0.05, 0) is 18.2 Å². The van der Waals surface area contributed by atoms with Crippen LogP contribution < -0.4 is 14.8 Å². The monoisotopic (exact) mass is 304 g/mol. The molecule has 1 aliphatic rings. The number of hydrogen-bond acceptors (Lipinski definition) is 4. The van der Waals surface area contributed by atoms with Crippen LogP contribution in [0.1, 0.15) is 11.6 Å². The highest BCUT2D eigenvalue weighted by Crippen LogP contribution is 2.33. The Hall–Kier alpha value is -2.05. The number of rotatable bonds is 4. The van der Waals surface area contributed by atoms with Crippen LogP contribution in [0.25, 0.3) is 0 Å². The molecule has 2 aromatic carbocycles. The molecule has 1 atom stereocenters. The molecule has 0 aromatic heterocycles. The van der Waals surface area contributed by atoms with Gasteiger partial charge in [-0.15, -0.1) is 0 Å². The summed E-state index contributed by atoms with van der Waals surface area (Å²) in [6, 6.07) is 13.9. The Morgan fingerprint density at radius 2 is 1.81 bits per heavy atom. The molecule has 0 saturated carbocycles. The molecule has 5 nitrogen and oxygen atoms in total. The number of para-hydroxylation sites is 2. The topological polar surface area (TPSA) is 67.4 Å². The maximum atomic E-state index is 12.6. The predicted octanol–water partition coefficient (Wildman–Crippen LogP) is 2.14. The third kappa shape index (κ3) is 2.59. The van der Waals surface area contributed by atoms with Gasteiger partial charge in [0.05, 0.1) is 11.7 Å². The van der Waals surface area contributed by atoms with E-state index >= 15 is 0 Å². The van der Waals surface area contributed by atoms with E-state index in [1.807, 2.05) is 24.3 Å². The largest absolute Gasteiger partial charge is 0.491 e. The Bertz CT molecular complexity index is 759. The average Bonchev–Trinajstić information content (AvgIpc) is 2.90. The number of ether oxygens (including phenoxy) is 1. The van der Waals surface area contributed by atoms with Crippen molar-refractivity contribution in [3.63, 3.8) is 0 Å². The molecule has 0 spiro atoms. The van der Waals surface area contributed by atoms with Crippen molar-refractivity contribution in [2.75, 3.05) is 19.0 Å². The molecule has 1 heterocycles. The van der Waals surface area contributed by atoms with Gasteiger partial charge in [-0.3, -0.25) is 0 Å². The highest BCUT2D eigenvalue weighted by molar-refractivity contribution is 7.89. The van der Waals surface area contributed by atoms with E-state index in [9.17, 15) is 8.42 Å². The summed E-state index contributed by atoms with van der Waals surface area (Å²) in [7, 11) is -1.92. The molecular formula is C15H16N2O3S. The Kier molecular flexibility index (Phi) is 3.57. The van der Waals surface area contributed by atoms with Crippen LogP contribution >= 0.6 is 0 Å². The van der Waals surface area contributed by atoms with E-state index in [0.717, 1.165) is 11.3 Å². The summed E-state index contributed by atoms with van der Waals surface area (Å²) in [5, 5.41) is 2.90. The summed E-state index contributed by atoms with van der Waals surface area (Å²) in [4.78, 5) is 0.233. The first kappa shape index (κ1) is 13.9. The van der Waals surface area contributed by atoms with Crippen LogP contribution in [0.4, 0.5) is 5.69 Å². The molecule has 2 aromatic rings. The van der Waals surface area contributed by atoms with Crippen molar-refractivity contribution >= 4 is 15.7 Å². The van der Waals surface area contributed by atoms with E-state index < -0.39 is 10.0 Å². The minimum Gasteiger partial charge on any atom is -0.491 e. The minimum absolute atomic E-state index is 0.233. The summed E-state index contributed by atoms with van der Waals surface area (Å²) in [6.07, 6.45) is 0. The zero-order valence-electron chi connectivity index (χ0n) is 11.5. The van der Waals surface area contributed by atoms with E-state index in [1.165, 1.54) is 0 Å². The third-order valence-electron chi connectivity index (χ3n) is 3.44. The summed E-state index contributed by atoms with van der Waals surface area (Å²) >= 11 is 0. The van der Waals surface area contributed by atoms with Crippen LogP contribution in [0, 0.1) is 0 Å². The Morgan fingerprint density at radius 3 is 2.62 bits per heavy atom. The molecule has 21 heavy (non-hydrogen) atoms. The predicted molar refractivity (Wildman–Crippen MR) is 81.0 cm³/mol. The van der Waals surface area contributed by atoms with Crippen LogP contribution in [0.15, 0.2) is 53.4 Å². The van der Waals surface area contributed by atoms with Gasteiger partial charge in [0.15, 0.2) is 0 Å². The van der Waals surface area contributed by atoms with Crippen molar-refractivity contribution in [2.45, 2.75) is 10.9 Å². The fourth-order valence-corrected chi connectivity index (χ4v) is 3.83. The van der Waals surface area contributed by atoms with Gasteiger partial charge < -0.3 is 10.1 Å². The minimum atomic E-state index is -3.62. The van der Waals surface area contributed by atoms with Crippen molar-refractivity contribution in [2.24, 2.45) is 0 Å². The first-order valence-electron chi connectivity index (χ1n) is 6.62. The number of anilines is 1. The van der Waals surface area contributed by atoms with Gasteiger partial charge in [-0.25, -0.2) is 8.42 Å². The molecule has 0 saturated heterocycles. The molecule has 0 fully saturated rings. The van der Waals surface area contributed by atoms with E-state index in [-0.39, 0.29) is 10.9 Å². The number of nitrogens with one attached hydrogen (secondary N) is 2. The third-order valence-corrected chi connectivity index (χ3v) is 4.97. The molecule has 2 N–H and O–H groups in total. The van der Waals surface area contributed by atoms with Crippen molar-refractivity contribution < 1.29 is 13.2 Å². The second-order valence-corrected chi connectivity index (χ2v) is 6.45. The zero-order chi connectivity index (χ0) is 14.9. The van der Waals surface area contributed by atoms with Gasteiger partial charge in [0.2, 0.25) is 10.0 Å². The first-order chi connectivity index (χ1) is 10.1. The standard InChI is InChI=1S/C15H16N2O3S/c1-16-12-7-3-5-9-15(12)21(18,19)17-13-10-20-14-8-4-2-6-11(13)14/h2-9,13,16-17H,10H2,1H3. The lowest BCUT2D eigenvalue weighted by Gasteiger charge is -2.14. The highest BCUT2D eigenvalue weighted by atomic mass is 32.2. The van der Waals surface area contributed by atoms with E-state index in [0.29, 0.717) is 12.3 Å². The van der Waals surface area contributed by atoms with E-state index in [4.69, 9.17) is 4.74 Å². The second-order valence-electron chi connectivity index (χ2n) is 4.77. The van der Waals surface area contributed by atoms with Gasteiger partial charge in [-0.2, -0.15) is 4.72 Å². The molecule has 3 rings (SSSR count). The van der Waals surface area contributed by atoms with Gasteiger partial charge in [0, 0.05) is 12.6 Å². The van der Waals surface area contributed by atoms with Crippen LogP contribution in [-0.4, -0.2) is 22.1 Å². The normalized spacial score (nSPS) is 17.1. The molecule has 0 bridgehead atoms. The SMILES string of the molecule is CNc1ccccc1S(=O)(=O)NC1COc2ccccc21. The number of hydrogen-bond donors (Lipinski definition) is 2. The summed E-state index contributed by atoms with van der Waals surface area (Å²) in [6.45, 7) is 0.306. The quantitative estimate of drug-likeness (QED) is 0.908. The van der Waals surface area contributed by atoms with Crippen LogP contribution in [0.2, 0.25) is 0 Å². The van der Waals surface area contributed by atoms with Crippen molar-refractivity contribution in [1.82, 2.24) is 4.72 Å². The molecular weight excluding hydrogens is 288 g/mol. The zero-order valence-corrected chi connectivity index (χ0v) is 12.4. The van der Waals surface area contributed by atoms with Crippen molar-refractivity contribution in [3.05, 3.63) is 54.1 Å². The number of fused-ring (bicyclic) bond motifs is 1. The van der Waals surface area contributed by atoms with E-state index in [2.05, 4.69) is 10.0 Å². The van der Waals surface area contributed by atoms with Gasteiger partial charge in [0.1, 0.15) is 17.3 Å². The maximum absolute atomic E-state index is 12.6.